The number of alkyl halides is 3. The van der Waals surface area contributed by atoms with Gasteiger partial charge in [-0.15, -0.1) is 0 Å². The number of aliphatic hydroxyl groups is 1. The van der Waals surface area contributed by atoms with Gasteiger partial charge in [-0.2, -0.15) is 9.97 Å². The molecule has 14 heteroatoms. The lowest BCUT2D eigenvalue weighted by atomic mass is 9.71. The number of ether oxygens (including phenoxy) is 2. The summed E-state index contributed by atoms with van der Waals surface area (Å²) in [5.74, 6) is -5.98. The summed E-state index contributed by atoms with van der Waals surface area (Å²) in [5, 5.41) is 21.8. The van der Waals surface area contributed by atoms with Crippen molar-refractivity contribution in [1.82, 2.24) is 19.9 Å². The second-order valence-electron chi connectivity index (χ2n) is 14.0. The van der Waals surface area contributed by atoms with Gasteiger partial charge in [0, 0.05) is 37.8 Å². The molecule has 2 aromatic carbocycles. The van der Waals surface area contributed by atoms with Gasteiger partial charge >= 0.3 is 6.01 Å². The monoisotopic (exact) mass is 685 g/mol. The Labute approximate surface area is 278 Å². The van der Waals surface area contributed by atoms with E-state index in [-0.39, 0.29) is 85.5 Å². The normalized spacial score (nSPS) is 28.0. The largest absolute Gasteiger partial charge is 0.508 e. The number of aromatic hydroxyl groups is 1. The fourth-order valence-corrected chi connectivity index (χ4v) is 8.60. The Balaban J connectivity index is 1.29. The Morgan fingerprint density at radius 1 is 1.14 bits per heavy atom. The van der Waals surface area contributed by atoms with Crippen LogP contribution >= 0.6 is 0 Å². The van der Waals surface area contributed by atoms with Crippen molar-refractivity contribution in [3.63, 3.8) is 0 Å². The van der Waals surface area contributed by atoms with Gasteiger partial charge in [0.15, 0.2) is 5.82 Å². The number of benzene rings is 2. The first-order chi connectivity index (χ1) is 23.5. The summed E-state index contributed by atoms with van der Waals surface area (Å²) in [6, 6.07) is 5.35. The molecule has 4 aliphatic heterocycles. The zero-order chi connectivity index (χ0) is 34.3. The molecular formula is C35H36F5N5O4. The van der Waals surface area contributed by atoms with Crippen LogP contribution in [0.5, 0.6) is 11.8 Å². The van der Waals surface area contributed by atoms with E-state index in [9.17, 15) is 19.0 Å². The molecule has 49 heavy (non-hydrogen) atoms. The predicted molar refractivity (Wildman–Crippen MR) is 171 cm³/mol. The van der Waals surface area contributed by atoms with Crippen LogP contribution in [0.1, 0.15) is 31.7 Å². The van der Waals surface area contributed by atoms with Crippen molar-refractivity contribution in [3.8, 4) is 23.0 Å². The van der Waals surface area contributed by atoms with E-state index in [1.165, 1.54) is 30.5 Å². The number of anilines is 1. The molecule has 9 nitrogen and oxygen atoms in total. The van der Waals surface area contributed by atoms with Crippen LogP contribution in [0.15, 0.2) is 30.5 Å². The van der Waals surface area contributed by atoms with Crippen molar-refractivity contribution in [2.75, 3.05) is 57.5 Å². The Bertz CT molecular complexity index is 1970. The second-order valence-corrected chi connectivity index (χ2v) is 14.0. The van der Waals surface area contributed by atoms with E-state index in [1.54, 1.807) is 11.8 Å². The smallest absolute Gasteiger partial charge is 0.319 e. The number of pyridine rings is 1. The van der Waals surface area contributed by atoms with Gasteiger partial charge in [-0.1, -0.05) is 13.0 Å². The van der Waals surface area contributed by atoms with E-state index in [0.29, 0.717) is 29.3 Å². The van der Waals surface area contributed by atoms with E-state index in [1.807, 2.05) is 0 Å². The third-order valence-corrected chi connectivity index (χ3v) is 11.1. The number of aromatic nitrogens is 3. The number of phenolic OH excluding ortho intramolecular Hbond substituents is 1. The minimum Gasteiger partial charge on any atom is -0.508 e. The number of piperidine rings is 1. The Hall–Kier alpha value is -3.88. The van der Waals surface area contributed by atoms with Crippen LogP contribution in [0.3, 0.4) is 0 Å². The molecule has 2 unspecified atom stereocenters. The van der Waals surface area contributed by atoms with Gasteiger partial charge in [0.05, 0.1) is 42.1 Å². The highest BCUT2D eigenvalue weighted by Crippen LogP contribution is 2.51. The lowest BCUT2D eigenvalue weighted by Gasteiger charge is -2.53. The first kappa shape index (κ1) is 32.3. The number of aliphatic hydroxyl groups excluding tert-OH is 1. The standard InChI is InChI=1S/C35H36F5N5O4/c1-2-23-26(37)5-4-19-8-22(47)9-24(27(19)23)29-28(38)30-25(11-41-29)31(44-12-20-14-48-17-33(15-44,16-46)35(20,39)40)43-32(42-30)49-18-34-6-3-7-45(34)13-21(36)10-34/h4-5,8-9,11,20-21,46-47H,2-3,6-7,10,12-18H2,1H3/t20?,21-,33?,34+/m1/s1. The lowest BCUT2D eigenvalue weighted by molar-refractivity contribution is -0.253. The summed E-state index contributed by atoms with van der Waals surface area (Å²) in [5.41, 5.74) is -2.45. The maximum absolute atomic E-state index is 16.9. The molecule has 4 fully saturated rings. The summed E-state index contributed by atoms with van der Waals surface area (Å²) in [6.45, 7) is 0.816. The van der Waals surface area contributed by atoms with Crippen molar-refractivity contribution in [2.45, 2.75) is 50.2 Å². The van der Waals surface area contributed by atoms with Crippen LogP contribution in [0.2, 0.25) is 0 Å². The van der Waals surface area contributed by atoms with Crippen LogP contribution in [-0.4, -0.2) is 100 Å². The highest BCUT2D eigenvalue weighted by Gasteiger charge is 2.64. The Morgan fingerprint density at radius 3 is 2.78 bits per heavy atom. The molecule has 0 amide bonds. The maximum atomic E-state index is 16.9. The number of hydrogen-bond acceptors (Lipinski definition) is 9. The number of phenols is 1. The maximum Gasteiger partial charge on any atom is 0.319 e. The number of fused-ring (bicyclic) bond motifs is 5. The van der Waals surface area contributed by atoms with Gasteiger partial charge in [-0.3, -0.25) is 9.88 Å². The SMILES string of the molecule is CCc1c(F)ccc2cc(O)cc(-c3ncc4c(N5CC6COCC(CO)(C5)C6(F)F)nc(OC[C@@]56CCCN5C[C@H](F)C6)nc4c3F)c12. The topological polar surface area (TPSA) is 104 Å². The zero-order valence-electron chi connectivity index (χ0n) is 26.9. The highest BCUT2D eigenvalue weighted by molar-refractivity contribution is 6.01. The van der Waals surface area contributed by atoms with Crippen molar-refractivity contribution in [2.24, 2.45) is 11.3 Å². The summed E-state index contributed by atoms with van der Waals surface area (Å²) >= 11 is 0. The van der Waals surface area contributed by atoms with Gasteiger partial charge in [0.25, 0.3) is 5.92 Å². The van der Waals surface area contributed by atoms with Gasteiger partial charge < -0.3 is 24.6 Å². The molecule has 2 bridgehead atoms. The highest BCUT2D eigenvalue weighted by atomic mass is 19.3. The number of halogens is 5. The number of nitrogens with zero attached hydrogens (tertiary/aromatic N) is 5. The molecule has 4 atom stereocenters. The number of rotatable bonds is 7. The molecule has 0 saturated carbocycles. The average molecular weight is 686 g/mol. The average Bonchev–Trinajstić information content (AvgIpc) is 3.59. The van der Waals surface area contributed by atoms with Crippen LogP contribution in [-0.2, 0) is 11.2 Å². The van der Waals surface area contributed by atoms with Crippen LogP contribution in [0, 0.1) is 23.0 Å². The first-order valence-electron chi connectivity index (χ1n) is 16.6. The van der Waals surface area contributed by atoms with Crippen molar-refractivity contribution in [1.29, 1.82) is 0 Å². The van der Waals surface area contributed by atoms with E-state index in [0.717, 1.165) is 13.0 Å². The molecule has 4 saturated heterocycles. The second kappa shape index (κ2) is 11.6. The summed E-state index contributed by atoms with van der Waals surface area (Å²) < 4.78 is 89.3. The molecule has 260 valence electrons. The van der Waals surface area contributed by atoms with Crippen molar-refractivity contribution < 1.29 is 41.6 Å². The minimum atomic E-state index is -3.23. The van der Waals surface area contributed by atoms with Crippen LogP contribution < -0.4 is 9.64 Å². The molecule has 2 N–H and O–H groups in total. The van der Waals surface area contributed by atoms with Crippen LogP contribution in [0.25, 0.3) is 32.9 Å². The third kappa shape index (κ3) is 4.92. The van der Waals surface area contributed by atoms with Gasteiger partial charge in [-0.25, -0.2) is 22.0 Å². The molecule has 4 aliphatic rings. The molecule has 2 aromatic heterocycles. The van der Waals surface area contributed by atoms with E-state index >= 15 is 13.2 Å². The lowest BCUT2D eigenvalue weighted by Crippen LogP contribution is -2.68. The Morgan fingerprint density at radius 2 is 1.98 bits per heavy atom. The first-order valence-corrected chi connectivity index (χ1v) is 16.6. The molecule has 0 aliphatic carbocycles. The third-order valence-electron chi connectivity index (χ3n) is 11.1. The molecule has 8 rings (SSSR count). The molecule has 6 heterocycles. The summed E-state index contributed by atoms with van der Waals surface area (Å²) in [4.78, 5) is 17.1. The van der Waals surface area contributed by atoms with E-state index < -0.39 is 47.2 Å². The summed E-state index contributed by atoms with van der Waals surface area (Å²) in [6.07, 6.45) is 2.47. The van der Waals surface area contributed by atoms with Gasteiger partial charge in [0.1, 0.15) is 41.4 Å². The Kier molecular flexibility index (Phi) is 7.65. The fourth-order valence-electron chi connectivity index (χ4n) is 8.60. The molecule has 4 aromatic rings. The van der Waals surface area contributed by atoms with Crippen LogP contribution in [0.4, 0.5) is 27.8 Å². The zero-order valence-corrected chi connectivity index (χ0v) is 26.9. The number of aryl methyl sites for hydroxylation is 1. The quantitative estimate of drug-likeness (QED) is 0.247. The van der Waals surface area contributed by atoms with Gasteiger partial charge in [0.2, 0.25) is 0 Å². The molecule has 0 radical (unpaired) electrons. The van der Waals surface area contributed by atoms with Gasteiger partial charge in [-0.05, 0) is 60.3 Å². The van der Waals surface area contributed by atoms with E-state index in [4.69, 9.17) is 9.47 Å². The van der Waals surface area contributed by atoms with Crippen molar-refractivity contribution in [3.05, 3.63) is 47.7 Å². The van der Waals surface area contributed by atoms with E-state index in [2.05, 4.69) is 19.9 Å². The predicted octanol–water partition coefficient (Wildman–Crippen LogP) is 5.43. The molecular weight excluding hydrogens is 649 g/mol. The summed E-state index contributed by atoms with van der Waals surface area (Å²) in [7, 11) is 0. The molecule has 0 spiro atoms. The fraction of sp³-hybridized carbons (Fsp3) is 0.514. The number of hydrogen-bond donors (Lipinski definition) is 2. The minimum absolute atomic E-state index is 0.0450. The van der Waals surface area contributed by atoms with Crippen molar-refractivity contribution >= 4 is 27.5 Å².